The highest BCUT2D eigenvalue weighted by atomic mass is 19.4. The maximum Gasteiger partial charge on any atom is 0.393 e. The van der Waals surface area contributed by atoms with Crippen LogP contribution in [0.4, 0.5) is 29.1 Å². The van der Waals surface area contributed by atoms with Crippen LogP contribution < -0.4 is 10.2 Å². The number of alkyl halides is 3. The van der Waals surface area contributed by atoms with Crippen molar-refractivity contribution in [3.8, 4) is 0 Å². The summed E-state index contributed by atoms with van der Waals surface area (Å²) in [6.45, 7) is 0.254. The first-order valence-electron chi connectivity index (χ1n) is 9.05. The van der Waals surface area contributed by atoms with Gasteiger partial charge >= 0.3 is 6.18 Å². The van der Waals surface area contributed by atoms with Gasteiger partial charge in [-0.1, -0.05) is 12.1 Å². The normalized spacial score (nSPS) is 17.5. The molecule has 1 aliphatic rings. The summed E-state index contributed by atoms with van der Waals surface area (Å²) >= 11 is 0. The van der Waals surface area contributed by atoms with Crippen LogP contribution in [0.25, 0.3) is 5.65 Å². The lowest BCUT2D eigenvalue weighted by Crippen LogP contribution is -2.42. The zero-order valence-electron chi connectivity index (χ0n) is 15.2. The molecule has 0 bridgehead atoms. The highest BCUT2D eigenvalue weighted by Crippen LogP contribution is 2.34. The molecule has 3 heterocycles. The molecule has 10 heteroatoms. The van der Waals surface area contributed by atoms with Crippen LogP contribution in [-0.2, 0) is 0 Å². The van der Waals surface area contributed by atoms with Gasteiger partial charge in [0.15, 0.2) is 11.3 Å². The van der Waals surface area contributed by atoms with Gasteiger partial charge in [-0.2, -0.15) is 13.2 Å². The van der Waals surface area contributed by atoms with E-state index >= 15 is 0 Å². The number of para-hydroxylation sites is 1. The highest BCUT2D eigenvalue weighted by Gasteiger charge is 2.42. The van der Waals surface area contributed by atoms with Gasteiger partial charge in [0, 0.05) is 13.1 Å². The lowest BCUT2D eigenvalue weighted by Gasteiger charge is -2.34. The van der Waals surface area contributed by atoms with Crippen molar-refractivity contribution >= 4 is 23.1 Å². The van der Waals surface area contributed by atoms with E-state index in [1.165, 1.54) is 28.9 Å². The van der Waals surface area contributed by atoms with Crippen LogP contribution in [-0.4, -0.2) is 39.8 Å². The number of piperidine rings is 1. The molecule has 1 aromatic carbocycles. The minimum Gasteiger partial charge on any atom is -0.355 e. The summed E-state index contributed by atoms with van der Waals surface area (Å²) in [7, 11) is 0. The molecule has 0 aliphatic carbocycles. The number of aromatic nitrogens is 3. The monoisotopic (exact) mass is 407 g/mol. The SMILES string of the molecule is O=C(Nc1ccccc1F)c1cnc2ccc(N3CCCC(C(F)(F)F)C3)nn12. The van der Waals surface area contributed by atoms with E-state index in [9.17, 15) is 22.4 Å². The average Bonchev–Trinajstić information content (AvgIpc) is 3.12. The summed E-state index contributed by atoms with van der Waals surface area (Å²) in [5.74, 6) is -2.31. The Bertz CT molecular complexity index is 1050. The van der Waals surface area contributed by atoms with Crippen LogP contribution in [0.15, 0.2) is 42.6 Å². The third-order valence-corrected chi connectivity index (χ3v) is 4.91. The number of amides is 1. The van der Waals surface area contributed by atoms with Crippen molar-refractivity contribution in [1.82, 2.24) is 14.6 Å². The third-order valence-electron chi connectivity index (χ3n) is 4.91. The number of nitrogens with zero attached hydrogens (tertiary/aromatic N) is 4. The molecule has 29 heavy (non-hydrogen) atoms. The number of rotatable bonds is 3. The lowest BCUT2D eigenvalue weighted by atomic mass is 9.97. The number of imidazole rings is 1. The smallest absolute Gasteiger partial charge is 0.355 e. The van der Waals surface area contributed by atoms with E-state index in [1.54, 1.807) is 23.1 Å². The van der Waals surface area contributed by atoms with Crippen LogP contribution in [0.3, 0.4) is 0 Å². The van der Waals surface area contributed by atoms with Gasteiger partial charge in [0.25, 0.3) is 5.91 Å². The Balaban J connectivity index is 1.61. The van der Waals surface area contributed by atoms with Crippen LogP contribution >= 0.6 is 0 Å². The Kier molecular flexibility index (Phi) is 4.85. The predicted molar refractivity (Wildman–Crippen MR) is 98.3 cm³/mol. The zero-order valence-corrected chi connectivity index (χ0v) is 15.2. The molecule has 0 saturated carbocycles. The van der Waals surface area contributed by atoms with Crippen molar-refractivity contribution in [2.75, 3.05) is 23.3 Å². The summed E-state index contributed by atoms with van der Waals surface area (Å²) in [5, 5.41) is 6.77. The standard InChI is InChI=1S/C19H17F4N5O/c20-13-5-1-2-6-14(13)25-18(29)15-10-24-16-7-8-17(26-28(15)16)27-9-3-4-12(11-27)19(21,22)23/h1-2,5-8,10,12H,3-4,9,11H2,(H,25,29). The molecule has 1 atom stereocenters. The molecule has 1 amide bonds. The molecule has 4 rings (SSSR count). The van der Waals surface area contributed by atoms with Gasteiger partial charge in [0.1, 0.15) is 11.6 Å². The molecule has 6 nitrogen and oxygen atoms in total. The molecule has 1 saturated heterocycles. The second-order valence-electron chi connectivity index (χ2n) is 6.87. The molecular weight excluding hydrogens is 390 g/mol. The van der Waals surface area contributed by atoms with Crippen molar-refractivity contribution in [3.63, 3.8) is 0 Å². The van der Waals surface area contributed by atoms with E-state index in [0.717, 1.165) is 0 Å². The summed E-state index contributed by atoms with van der Waals surface area (Å²) in [4.78, 5) is 18.2. The van der Waals surface area contributed by atoms with Gasteiger partial charge in [-0.15, -0.1) is 5.10 Å². The number of anilines is 2. The fourth-order valence-electron chi connectivity index (χ4n) is 3.39. The maximum absolute atomic E-state index is 13.8. The Morgan fingerprint density at radius 1 is 1.17 bits per heavy atom. The van der Waals surface area contributed by atoms with E-state index in [4.69, 9.17) is 0 Å². The van der Waals surface area contributed by atoms with Crippen molar-refractivity contribution < 1.29 is 22.4 Å². The summed E-state index contributed by atoms with van der Waals surface area (Å²) < 4.78 is 54.3. The number of nitrogens with one attached hydrogen (secondary N) is 1. The van der Waals surface area contributed by atoms with Gasteiger partial charge in [0.2, 0.25) is 0 Å². The van der Waals surface area contributed by atoms with Crippen molar-refractivity contribution in [3.05, 3.63) is 54.1 Å². The van der Waals surface area contributed by atoms with Crippen LogP contribution in [0.5, 0.6) is 0 Å². The number of benzene rings is 1. The number of carbonyl (C=O) groups excluding carboxylic acids is 1. The molecule has 2 aromatic heterocycles. The number of fused-ring (bicyclic) bond motifs is 1. The van der Waals surface area contributed by atoms with Gasteiger partial charge in [-0.25, -0.2) is 13.9 Å². The first kappa shape index (κ1) is 19.2. The largest absolute Gasteiger partial charge is 0.393 e. The van der Waals surface area contributed by atoms with Crippen molar-refractivity contribution in [2.24, 2.45) is 5.92 Å². The second kappa shape index (κ2) is 7.34. The topological polar surface area (TPSA) is 62.5 Å². The summed E-state index contributed by atoms with van der Waals surface area (Å²) in [5.41, 5.74) is 0.416. The molecule has 1 N–H and O–H groups in total. The molecule has 3 aromatic rings. The Morgan fingerprint density at radius 2 is 1.97 bits per heavy atom. The molecule has 0 radical (unpaired) electrons. The second-order valence-corrected chi connectivity index (χ2v) is 6.87. The van der Waals surface area contributed by atoms with E-state index < -0.39 is 23.8 Å². The summed E-state index contributed by atoms with van der Waals surface area (Å²) in [6.07, 6.45) is -2.49. The zero-order chi connectivity index (χ0) is 20.6. The van der Waals surface area contributed by atoms with E-state index in [2.05, 4.69) is 15.4 Å². The molecule has 0 spiro atoms. The first-order chi connectivity index (χ1) is 13.8. The lowest BCUT2D eigenvalue weighted by molar-refractivity contribution is -0.176. The fourth-order valence-corrected chi connectivity index (χ4v) is 3.39. The van der Waals surface area contributed by atoms with E-state index in [0.29, 0.717) is 24.4 Å². The van der Waals surface area contributed by atoms with Crippen molar-refractivity contribution in [2.45, 2.75) is 19.0 Å². The Labute approximate surface area is 163 Å². The molecule has 1 fully saturated rings. The number of hydrogen-bond donors (Lipinski definition) is 1. The molecule has 1 unspecified atom stereocenters. The van der Waals surface area contributed by atoms with Gasteiger partial charge in [-0.05, 0) is 37.1 Å². The van der Waals surface area contributed by atoms with Crippen LogP contribution in [0, 0.1) is 11.7 Å². The Hall–Kier alpha value is -3.17. The van der Waals surface area contributed by atoms with Crippen molar-refractivity contribution in [1.29, 1.82) is 0 Å². The third kappa shape index (κ3) is 3.87. The minimum atomic E-state index is -4.26. The van der Waals surface area contributed by atoms with Gasteiger partial charge < -0.3 is 10.2 Å². The number of carbonyl (C=O) groups is 1. The van der Waals surface area contributed by atoms with Gasteiger partial charge in [0.05, 0.1) is 17.8 Å². The van der Waals surface area contributed by atoms with E-state index in [-0.39, 0.29) is 24.3 Å². The van der Waals surface area contributed by atoms with Crippen LogP contribution in [0.2, 0.25) is 0 Å². The molecular formula is C19H17F4N5O. The molecule has 152 valence electrons. The summed E-state index contributed by atoms with van der Waals surface area (Å²) in [6, 6.07) is 8.88. The maximum atomic E-state index is 13.8. The predicted octanol–water partition coefficient (Wildman–Crippen LogP) is 3.90. The number of halogens is 4. The van der Waals surface area contributed by atoms with Crippen LogP contribution in [0.1, 0.15) is 23.3 Å². The fraction of sp³-hybridized carbons (Fsp3) is 0.316. The Morgan fingerprint density at radius 3 is 2.72 bits per heavy atom. The first-order valence-corrected chi connectivity index (χ1v) is 9.05. The number of hydrogen-bond acceptors (Lipinski definition) is 4. The average molecular weight is 407 g/mol. The molecule has 1 aliphatic heterocycles. The van der Waals surface area contributed by atoms with Gasteiger partial charge in [-0.3, -0.25) is 4.79 Å². The minimum absolute atomic E-state index is 0.00709. The quantitative estimate of drug-likeness (QED) is 0.669. The highest BCUT2D eigenvalue weighted by molar-refractivity contribution is 6.03. The van der Waals surface area contributed by atoms with E-state index in [1.807, 2.05) is 0 Å².